The highest BCUT2D eigenvalue weighted by Crippen LogP contribution is 2.20. The lowest BCUT2D eigenvalue weighted by molar-refractivity contribution is -0.143. The van der Waals surface area contributed by atoms with Gasteiger partial charge in [-0.25, -0.2) is 0 Å². The Kier molecular flexibility index (Phi) is 5.80. The maximum atomic E-state index is 12.4. The molecule has 2 unspecified atom stereocenters. The molecule has 0 bridgehead atoms. The van der Waals surface area contributed by atoms with Gasteiger partial charge in [0.1, 0.15) is 0 Å². The number of likely N-dealkylation sites (tertiary alicyclic amines) is 1. The zero-order valence-corrected chi connectivity index (χ0v) is 13.5. The van der Waals surface area contributed by atoms with Gasteiger partial charge in [0.25, 0.3) is 5.91 Å². The van der Waals surface area contributed by atoms with Crippen molar-refractivity contribution in [3.63, 3.8) is 0 Å². The maximum absolute atomic E-state index is 12.4. The van der Waals surface area contributed by atoms with Gasteiger partial charge in [0.05, 0.1) is 27.8 Å². The van der Waals surface area contributed by atoms with Crippen molar-refractivity contribution < 1.29 is 22.2 Å². The second-order valence-electron chi connectivity index (χ2n) is 5.44. The summed E-state index contributed by atoms with van der Waals surface area (Å²) in [5.41, 5.74) is 0.321. The zero-order chi connectivity index (χ0) is 17.0. The number of amides is 1. The number of hydrogen-bond acceptors (Lipinski definition) is 3. The highest BCUT2D eigenvalue weighted by atomic mass is 32.2. The van der Waals surface area contributed by atoms with E-state index in [2.05, 4.69) is 5.32 Å². The van der Waals surface area contributed by atoms with E-state index in [1.807, 2.05) is 0 Å². The summed E-state index contributed by atoms with van der Waals surface area (Å²) in [4.78, 5) is 14.1. The molecule has 1 saturated heterocycles. The molecule has 1 aliphatic rings. The number of rotatable bonds is 5. The number of carbonyl (C=O) groups is 1. The predicted molar refractivity (Wildman–Crippen MR) is 81.8 cm³/mol. The number of carbonyl (C=O) groups excluding carboxylic acids is 1. The van der Waals surface area contributed by atoms with Crippen LogP contribution in [0, 0.1) is 0 Å². The van der Waals surface area contributed by atoms with Crippen molar-refractivity contribution in [3.05, 3.63) is 29.8 Å². The molecule has 2 atom stereocenters. The molecule has 8 heteroatoms. The van der Waals surface area contributed by atoms with Gasteiger partial charge >= 0.3 is 6.18 Å². The fourth-order valence-electron chi connectivity index (χ4n) is 2.62. The third-order valence-electron chi connectivity index (χ3n) is 3.65. The van der Waals surface area contributed by atoms with Crippen molar-refractivity contribution in [2.45, 2.75) is 30.5 Å². The minimum absolute atomic E-state index is 0.171. The summed E-state index contributed by atoms with van der Waals surface area (Å²) in [5.74, 6) is 0.00819. The molecule has 1 amide bonds. The molecule has 4 nitrogen and oxygen atoms in total. The van der Waals surface area contributed by atoms with Crippen LogP contribution in [0.15, 0.2) is 29.2 Å². The third kappa shape index (κ3) is 5.04. The van der Waals surface area contributed by atoms with Crippen molar-refractivity contribution in [2.75, 3.05) is 25.4 Å². The van der Waals surface area contributed by atoms with Crippen LogP contribution in [0.3, 0.4) is 0 Å². The topological polar surface area (TPSA) is 49.4 Å². The second kappa shape index (κ2) is 7.44. The highest BCUT2D eigenvalue weighted by Gasteiger charge is 2.34. The standard InChI is InChI=1S/C15H19F3N2O2S/c1-2-23(22)13-6-4-3-5-12(13)14(21)19-11-7-8-20(9-11)10-15(16,17)18/h3-6,11H,2,7-10H2,1H3,(H,19,21). The molecule has 1 N–H and O–H groups in total. The summed E-state index contributed by atoms with van der Waals surface area (Å²) in [7, 11) is -1.27. The first-order valence-corrected chi connectivity index (χ1v) is 8.69. The Morgan fingerprint density at radius 3 is 2.74 bits per heavy atom. The zero-order valence-electron chi connectivity index (χ0n) is 12.7. The Bertz CT molecular complexity index is 592. The molecule has 1 heterocycles. The minimum Gasteiger partial charge on any atom is -0.348 e. The van der Waals surface area contributed by atoms with Crippen LogP contribution in [-0.4, -0.2) is 52.6 Å². The van der Waals surface area contributed by atoms with Gasteiger partial charge in [0, 0.05) is 24.9 Å². The summed E-state index contributed by atoms with van der Waals surface area (Å²) in [6.07, 6.45) is -3.76. The SMILES string of the molecule is CCS(=O)c1ccccc1C(=O)NC1CCN(CC(F)(F)F)C1. The molecule has 0 aromatic heterocycles. The van der Waals surface area contributed by atoms with E-state index in [1.165, 1.54) is 4.90 Å². The number of hydrogen-bond donors (Lipinski definition) is 1. The summed E-state index contributed by atoms with van der Waals surface area (Å²) >= 11 is 0. The molecular weight excluding hydrogens is 329 g/mol. The van der Waals surface area contributed by atoms with Crippen LogP contribution in [0.5, 0.6) is 0 Å². The smallest absolute Gasteiger partial charge is 0.348 e. The maximum Gasteiger partial charge on any atom is 0.401 e. The highest BCUT2D eigenvalue weighted by molar-refractivity contribution is 7.85. The molecule has 1 aromatic rings. The van der Waals surface area contributed by atoms with Gasteiger partial charge in [-0.2, -0.15) is 13.2 Å². The fourth-order valence-corrected chi connectivity index (χ4v) is 3.57. The number of nitrogens with zero attached hydrogens (tertiary/aromatic N) is 1. The number of benzene rings is 1. The van der Waals surface area contributed by atoms with Crippen LogP contribution >= 0.6 is 0 Å². The van der Waals surface area contributed by atoms with Gasteiger partial charge in [-0.15, -0.1) is 0 Å². The summed E-state index contributed by atoms with van der Waals surface area (Å²) in [6.45, 7) is 1.27. The lowest BCUT2D eigenvalue weighted by Crippen LogP contribution is -2.39. The average molecular weight is 348 g/mol. The van der Waals surface area contributed by atoms with Crippen LogP contribution in [0.1, 0.15) is 23.7 Å². The molecule has 128 valence electrons. The summed E-state index contributed by atoms with van der Waals surface area (Å²) in [5, 5.41) is 2.75. The van der Waals surface area contributed by atoms with E-state index in [1.54, 1.807) is 31.2 Å². The number of halogens is 3. The van der Waals surface area contributed by atoms with E-state index in [0.717, 1.165) is 0 Å². The van der Waals surface area contributed by atoms with E-state index >= 15 is 0 Å². The fraction of sp³-hybridized carbons (Fsp3) is 0.533. The Morgan fingerprint density at radius 2 is 2.09 bits per heavy atom. The molecule has 23 heavy (non-hydrogen) atoms. The Balaban J connectivity index is 2.00. The molecular formula is C15H19F3N2O2S. The number of alkyl halides is 3. The van der Waals surface area contributed by atoms with Crippen molar-refractivity contribution >= 4 is 16.7 Å². The predicted octanol–water partition coefficient (Wildman–Crippen LogP) is 2.18. The van der Waals surface area contributed by atoms with Gasteiger partial charge in [-0.05, 0) is 18.6 Å². The van der Waals surface area contributed by atoms with E-state index < -0.39 is 23.5 Å². The number of nitrogens with one attached hydrogen (secondary N) is 1. The molecule has 2 rings (SSSR count). The molecule has 0 aliphatic carbocycles. The van der Waals surface area contributed by atoms with E-state index in [9.17, 15) is 22.2 Å². The average Bonchev–Trinajstić information content (AvgIpc) is 2.91. The lowest BCUT2D eigenvalue weighted by Gasteiger charge is -2.18. The van der Waals surface area contributed by atoms with Crippen molar-refractivity contribution in [1.29, 1.82) is 0 Å². The summed E-state index contributed by atoms with van der Waals surface area (Å²) in [6, 6.07) is 6.28. The van der Waals surface area contributed by atoms with Crippen molar-refractivity contribution in [3.8, 4) is 0 Å². The van der Waals surface area contributed by atoms with Crippen LogP contribution in [0.4, 0.5) is 13.2 Å². The molecule has 0 saturated carbocycles. The Hall–Kier alpha value is -1.41. The third-order valence-corrected chi connectivity index (χ3v) is 5.02. The molecule has 0 radical (unpaired) electrons. The van der Waals surface area contributed by atoms with E-state index in [0.29, 0.717) is 29.2 Å². The van der Waals surface area contributed by atoms with Crippen molar-refractivity contribution in [1.82, 2.24) is 10.2 Å². The quantitative estimate of drug-likeness (QED) is 0.887. The van der Waals surface area contributed by atoms with E-state index in [4.69, 9.17) is 0 Å². The van der Waals surface area contributed by atoms with Crippen LogP contribution in [0.2, 0.25) is 0 Å². The first-order chi connectivity index (χ1) is 10.8. The Labute approximate surface area is 135 Å². The molecule has 0 spiro atoms. The van der Waals surface area contributed by atoms with Gasteiger partial charge in [-0.3, -0.25) is 13.9 Å². The van der Waals surface area contributed by atoms with Gasteiger partial charge in [-0.1, -0.05) is 19.1 Å². The monoisotopic (exact) mass is 348 g/mol. The van der Waals surface area contributed by atoms with Crippen LogP contribution in [0.25, 0.3) is 0 Å². The van der Waals surface area contributed by atoms with Gasteiger partial charge < -0.3 is 5.32 Å². The van der Waals surface area contributed by atoms with Crippen molar-refractivity contribution in [2.24, 2.45) is 0 Å². The molecule has 1 fully saturated rings. The molecule has 1 aliphatic heterocycles. The van der Waals surface area contributed by atoms with Gasteiger partial charge in [0.2, 0.25) is 0 Å². The van der Waals surface area contributed by atoms with Gasteiger partial charge in [0.15, 0.2) is 0 Å². The second-order valence-corrected chi connectivity index (χ2v) is 7.15. The lowest BCUT2D eigenvalue weighted by atomic mass is 10.2. The normalized spacial score (nSPS) is 20.4. The van der Waals surface area contributed by atoms with E-state index in [-0.39, 0.29) is 18.5 Å². The van der Waals surface area contributed by atoms with Crippen LogP contribution < -0.4 is 5.32 Å². The largest absolute Gasteiger partial charge is 0.401 e. The Morgan fingerprint density at radius 1 is 1.39 bits per heavy atom. The minimum atomic E-state index is -4.23. The molecule has 1 aromatic carbocycles. The summed E-state index contributed by atoms with van der Waals surface area (Å²) < 4.78 is 49.1. The van der Waals surface area contributed by atoms with Crippen LogP contribution in [-0.2, 0) is 10.8 Å². The first kappa shape index (κ1) is 17.9. The first-order valence-electron chi connectivity index (χ1n) is 7.37.